The van der Waals surface area contributed by atoms with Crippen LogP contribution in [0.25, 0.3) is 11.0 Å². The lowest BCUT2D eigenvalue weighted by Gasteiger charge is -2.21. The predicted molar refractivity (Wildman–Crippen MR) is 150 cm³/mol. The van der Waals surface area contributed by atoms with Gasteiger partial charge in [0.15, 0.2) is 0 Å². The Kier molecular flexibility index (Phi) is 7.77. The number of rotatable bonds is 8. The zero-order chi connectivity index (χ0) is 26.7. The maximum Gasteiger partial charge on any atom is 0.251 e. The highest BCUT2D eigenvalue weighted by molar-refractivity contribution is 5.95. The Bertz CT molecular complexity index is 1390. The molecule has 0 aliphatic rings. The molecule has 0 aliphatic heterocycles. The summed E-state index contributed by atoms with van der Waals surface area (Å²) in [7, 11) is 0. The number of amides is 2. The lowest BCUT2D eigenvalue weighted by Crippen LogP contribution is -2.30. The van der Waals surface area contributed by atoms with Crippen molar-refractivity contribution in [3.8, 4) is 0 Å². The Morgan fingerprint density at radius 2 is 1.46 bits per heavy atom. The number of nitrogens with zero attached hydrogens (tertiary/aromatic N) is 2. The number of anilines is 1. The van der Waals surface area contributed by atoms with Crippen LogP contribution in [0, 0.1) is 6.92 Å². The zero-order valence-corrected chi connectivity index (χ0v) is 22.5. The summed E-state index contributed by atoms with van der Waals surface area (Å²) in [5.74, 6) is 0.879. The van der Waals surface area contributed by atoms with Crippen LogP contribution in [0.2, 0.25) is 0 Å². The number of imidazole rings is 1. The maximum atomic E-state index is 13.5. The molecular weight excluding hydrogens is 460 g/mol. The molecular formula is C31H36N4O2. The molecule has 0 radical (unpaired) electrons. The summed E-state index contributed by atoms with van der Waals surface area (Å²) < 4.78 is 1.90. The average molecular weight is 497 g/mol. The molecule has 0 unspecified atom stereocenters. The number of hydrogen-bond donors (Lipinski definition) is 2. The fraction of sp³-hybridized carbons (Fsp3) is 0.323. The molecule has 1 heterocycles. The minimum absolute atomic E-state index is 0.0879. The van der Waals surface area contributed by atoms with Gasteiger partial charge >= 0.3 is 0 Å². The number of nitrogens with one attached hydrogen (secondary N) is 2. The number of para-hydroxylation sites is 3. The molecule has 2 amide bonds. The molecule has 1 atom stereocenters. The third-order valence-electron chi connectivity index (χ3n) is 6.67. The number of hydrogen-bond acceptors (Lipinski definition) is 3. The summed E-state index contributed by atoms with van der Waals surface area (Å²) in [5, 5.41) is 6.26. The van der Waals surface area contributed by atoms with Gasteiger partial charge in [-0.05, 0) is 61.1 Å². The van der Waals surface area contributed by atoms with E-state index in [4.69, 9.17) is 4.98 Å². The molecule has 0 saturated heterocycles. The maximum absolute atomic E-state index is 13.5. The molecule has 6 heteroatoms. The predicted octanol–water partition coefficient (Wildman–Crippen LogP) is 6.72. The van der Waals surface area contributed by atoms with Crippen LogP contribution in [0.3, 0.4) is 0 Å². The number of aromatic nitrogens is 2. The lowest BCUT2D eigenvalue weighted by molar-refractivity contribution is -0.116. The van der Waals surface area contributed by atoms with Crippen molar-refractivity contribution in [1.82, 2.24) is 14.9 Å². The van der Waals surface area contributed by atoms with Crippen molar-refractivity contribution >= 4 is 28.5 Å². The quantitative estimate of drug-likeness (QED) is 0.284. The number of carbonyl (C=O) groups is 2. The van der Waals surface area contributed by atoms with E-state index in [1.165, 1.54) is 0 Å². The molecule has 0 saturated carbocycles. The van der Waals surface area contributed by atoms with Crippen molar-refractivity contribution in [2.75, 3.05) is 5.32 Å². The van der Waals surface area contributed by atoms with E-state index in [9.17, 15) is 9.59 Å². The molecule has 4 aromatic rings. The van der Waals surface area contributed by atoms with E-state index >= 15 is 0 Å². The Hall–Kier alpha value is -3.93. The largest absolute Gasteiger partial charge is 0.342 e. The molecule has 6 nitrogen and oxygen atoms in total. The highest BCUT2D eigenvalue weighted by atomic mass is 16.2. The number of benzene rings is 3. The van der Waals surface area contributed by atoms with Crippen LogP contribution in [0.4, 0.5) is 5.69 Å². The van der Waals surface area contributed by atoms with E-state index in [1.54, 1.807) is 0 Å². The van der Waals surface area contributed by atoms with Gasteiger partial charge in [-0.3, -0.25) is 9.59 Å². The van der Waals surface area contributed by atoms with Crippen LogP contribution in [-0.4, -0.2) is 21.4 Å². The molecule has 4 rings (SSSR count). The van der Waals surface area contributed by atoms with Gasteiger partial charge in [0.05, 0.1) is 17.1 Å². The van der Waals surface area contributed by atoms with Gasteiger partial charge in [0.2, 0.25) is 5.91 Å². The Balaban J connectivity index is 1.63. The molecule has 2 N–H and O–H groups in total. The van der Waals surface area contributed by atoms with Gasteiger partial charge in [-0.25, -0.2) is 4.98 Å². The monoisotopic (exact) mass is 496 g/mol. The van der Waals surface area contributed by atoms with Crippen molar-refractivity contribution in [3.05, 3.63) is 94.8 Å². The minimum atomic E-state index is -0.400. The summed E-state index contributed by atoms with van der Waals surface area (Å²) in [4.78, 5) is 31.2. The summed E-state index contributed by atoms with van der Waals surface area (Å²) in [6.45, 7) is 12.5. The lowest BCUT2D eigenvalue weighted by atomic mass is 9.92. The van der Waals surface area contributed by atoms with E-state index < -0.39 is 6.04 Å². The molecule has 192 valence electrons. The summed E-state index contributed by atoms with van der Waals surface area (Å²) >= 11 is 0. The van der Waals surface area contributed by atoms with Crippen LogP contribution in [0.15, 0.2) is 66.7 Å². The van der Waals surface area contributed by atoms with Gasteiger partial charge in [-0.2, -0.15) is 0 Å². The summed E-state index contributed by atoms with van der Waals surface area (Å²) in [5.41, 5.74) is 6.45. The van der Waals surface area contributed by atoms with Gasteiger partial charge in [-0.1, -0.05) is 75.7 Å². The fourth-order valence-electron chi connectivity index (χ4n) is 4.66. The van der Waals surface area contributed by atoms with E-state index in [2.05, 4.69) is 56.5 Å². The Morgan fingerprint density at radius 3 is 2.08 bits per heavy atom. The Morgan fingerprint density at radius 1 is 0.838 bits per heavy atom. The number of fused-ring (bicyclic) bond motifs is 1. The molecule has 3 aromatic carbocycles. The Labute approximate surface area is 219 Å². The fourth-order valence-corrected chi connectivity index (χ4v) is 4.66. The third kappa shape index (κ3) is 5.74. The van der Waals surface area contributed by atoms with Crippen LogP contribution >= 0.6 is 0 Å². The first-order valence-corrected chi connectivity index (χ1v) is 12.9. The average Bonchev–Trinajstić information content (AvgIpc) is 3.22. The number of carbonyl (C=O) groups excluding carboxylic acids is 2. The van der Waals surface area contributed by atoms with E-state index in [1.807, 2.05) is 66.9 Å². The van der Waals surface area contributed by atoms with Gasteiger partial charge in [0.25, 0.3) is 5.91 Å². The van der Waals surface area contributed by atoms with Crippen LogP contribution < -0.4 is 10.6 Å². The van der Waals surface area contributed by atoms with Crippen molar-refractivity contribution in [3.63, 3.8) is 0 Å². The van der Waals surface area contributed by atoms with Gasteiger partial charge in [0, 0.05) is 11.3 Å². The van der Waals surface area contributed by atoms with Gasteiger partial charge in [0.1, 0.15) is 12.4 Å². The highest BCUT2D eigenvalue weighted by Crippen LogP contribution is 2.32. The van der Waals surface area contributed by atoms with Crippen LogP contribution in [0.5, 0.6) is 0 Å². The second kappa shape index (κ2) is 11.0. The van der Waals surface area contributed by atoms with Crippen molar-refractivity contribution in [2.45, 2.75) is 66.0 Å². The van der Waals surface area contributed by atoms with E-state index in [0.29, 0.717) is 11.4 Å². The van der Waals surface area contributed by atoms with Crippen molar-refractivity contribution < 1.29 is 9.59 Å². The van der Waals surface area contributed by atoms with E-state index in [0.717, 1.165) is 33.4 Å². The van der Waals surface area contributed by atoms with Gasteiger partial charge in [-0.15, -0.1) is 0 Å². The topological polar surface area (TPSA) is 76.0 Å². The normalized spacial score (nSPS) is 12.2. The van der Waals surface area contributed by atoms with Gasteiger partial charge < -0.3 is 15.2 Å². The first-order chi connectivity index (χ1) is 17.7. The van der Waals surface area contributed by atoms with Crippen LogP contribution in [0.1, 0.15) is 85.4 Å². The smallest absolute Gasteiger partial charge is 0.251 e. The summed E-state index contributed by atoms with van der Waals surface area (Å²) in [6.07, 6.45) is 0. The molecule has 0 bridgehead atoms. The summed E-state index contributed by atoms with van der Waals surface area (Å²) in [6, 6.07) is 21.0. The minimum Gasteiger partial charge on any atom is -0.342 e. The standard InChI is InChI=1S/C31H36N4O2/c1-19(2)24-10-9-11-25(20(3)4)29(24)34-28(36)18-35-27-13-8-7-12-26(27)33-30(35)22(6)32-31(37)23-16-14-21(5)15-17-23/h7-17,19-20,22H,18H2,1-6H3,(H,32,37)(H,34,36)/t22-/m1/s1. The first kappa shape index (κ1) is 26.1. The van der Waals surface area contributed by atoms with Crippen LogP contribution in [-0.2, 0) is 11.3 Å². The molecule has 0 fully saturated rings. The van der Waals surface area contributed by atoms with E-state index in [-0.39, 0.29) is 30.2 Å². The first-order valence-electron chi connectivity index (χ1n) is 12.9. The second-order valence-electron chi connectivity index (χ2n) is 10.3. The van der Waals surface area contributed by atoms with Crippen molar-refractivity contribution in [1.29, 1.82) is 0 Å². The SMILES string of the molecule is Cc1ccc(C(=O)N[C@H](C)c2nc3ccccc3n2CC(=O)Nc2c(C(C)C)cccc2C(C)C)cc1. The molecule has 37 heavy (non-hydrogen) atoms. The number of aryl methyl sites for hydroxylation is 1. The third-order valence-corrected chi connectivity index (χ3v) is 6.67. The molecule has 0 spiro atoms. The molecule has 0 aliphatic carbocycles. The molecule has 1 aromatic heterocycles. The van der Waals surface area contributed by atoms with Crippen molar-refractivity contribution in [2.24, 2.45) is 0 Å². The highest BCUT2D eigenvalue weighted by Gasteiger charge is 2.22. The second-order valence-corrected chi connectivity index (χ2v) is 10.3. The zero-order valence-electron chi connectivity index (χ0n) is 22.5.